The van der Waals surface area contributed by atoms with Gasteiger partial charge in [0.25, 0.3) is 0 Å². The predicted molar refractivity (Wildman–Crippen MR) is 73.9 cm³/mol. The van der Waals surface area contributed by atoms with Crippen LogP contribution in [0.2, 0.25) is 0 Å². The molecule has 2 saturated carbocycles. The Bertz CT molecular complexity index is 379. The maximum absolute atomic E-state index is 5.21. The second kappa shape index (κ2) is 5.31. The molecule has 2 aliphatic carbocycles. The lowest BCUT2D eigenvalue weighted by Gasteiger charge is -2.17. The zero-order chi connectivity index (χ0) is 12.4. The van der Waals surface area contributed by atoms with Crippen molar-refractivity contribution in [3.8, 4) is 5.75 Å². The molecule has 1 atom stereocenters. The smallest absolute Gasteiger partial charge is 0.118 e. The number of benzene rings is 1. The molecule has 2 heteroatoms. The molecule has 0 radical (unpaired) electrons. The van der Waals surface area contributed by atoms with E-state index in [0.29, 0.717) is 0 Å². The fourth-order valence-electron chi connectivity index (χ4n) is 2.64. The van der Waals surface area contributed by atoms with Crippen molar-refractivity contribution in [1.82, 2.24) is 5.32 Å². The minimum atomic E-state index is 0.832. The van der Waals surface area contributed by atoms with Crippen LogP contribution in [0.25, 0.3) is 0 Å². The molecule has 0 aliphatic heterocycles. The van der Waals surface area contributed by atoms with Crippen molar-refractivity contribution in [2.45, 2.75) is 38.1 Å². The fraction of sp³-hybridized carbons (Fsp3) is 0.625. The molecule has 2 fully saturated rings. The second-order valence-electron chi connectivity index (χ2n) is 5.83. The van der Waals surface area contributed by atoms with E-state index in [1.165, 1.54) is 44.2 Å². The number of hydrogen-bond donors (Lipinski definition) is 1. The summed E-state index contributed by atoms with van der Waals surface area (Å²) in [5.74, 6) is 2.76. The molecule has 98 valence electrons. The average molecular weight is 245 g/mol. The molecule has 1 unspecified atom stereocenters. The van der Waals surface area contributed by atoms with Gasteiger partial charge in [0.15, 0.2) is 0 Å². The van der Waals surface area contributed by atoms with Crippen molar-refractivity contribution in [2.75, 3.05) is 13.7 Å². The van der Waals surface area contributed by atoms with E-state index < -0.39 is 0 Å². The van der Waals surface area contributed by atoms with Crippen LogP contribution in [0.5, 0.6) is 5.75 Å². The zero-order valence-corrected chi connectivity index (χ0v) is 11.2. The van der Waals surface area contributed by atoms with Gasteiger partial charge < -0.3 is 10.1 Å². The summed E-state index contributed by atoms with van der Waals surface area (Å²) in [5, 5.41) is 3.70. The Morgan fingerprint density at radius 1 is 1.17 bits per heavy atom. The second-order valence-corrected chi connectivity index (χ2v) is 5.83. The summed E-state index contributed by atoms with van der Waals surface area (Å²) >= 11 is 0. The Morgan fingerprint density at radius 2 is 1.89 bits per heavy atom. The van der Waals surface area contributed by atoms with Gasteiger partial charge in [-0.1, -0.05) is 12.1 Å². The molecule has 0 aromatic heterocycles. The van der Waals surface area contributed by atoms with Crippen molar-refractivity contribution >= 4 is 0 Å². The first-order valence-corrected chi connectivity index (χ1v) is 7.21. The van der Waals surface area contributed by atoms with Crippen molar-refractivity contribution in [1.29, 1.82) is 0 Å². The molecule has 18 heavy (non-hydrogen) atoms. The summed E-state index contributed by atoms with van der Waals surface area (Å²) in [4.78, 5) is 0. The highest BCUT2D eigenvalue weighted by Crippen LogP contribution is 2.38. The van der Waals surface area contributed by atoms with E-state index in [9.17, 15) is 0 Å². The third kappa shape index (κ3) is 3.26. The van der Waals surface area contributed by atoms with Crippen LogP contribution in [-0.4, -0.2) is 19.7 Å². The average Bonchev–Trinajstić information content (AvgIpc) is 3.29. The predicted octanol–water partition coefficient (Wildman–Crippen LogP) is 3.02. The van der Waals surface area contributed by atoms with Crippen LogP contribution in [0.1, 0.15) is 31.2 Å². The lowest BCUT2D eigenvalue weighted by Crippen LogP contribution is -2.27. The Labute approximate surface area is 110 Å². The van der Waals surface area contributed by atoms with Crippen LogP contribution in [0.3, 0.4) is 0 Å². The number of rotatable bonds is 7. The Kier molecular flexibility index (Phi) is 3.55. The fourth-order valence-corrected chi connectivity index (χ4v) is 2.64. The van der Waals surface area contributed by atoms with Crippen LogP contribution in [0.4, 0.5) is 0 Å². The summed E-state index contributed by atoms with van der Waals surface area (Å²) in [6, 6.07) is 9.42. The highest BCUT2D eigenvalue weighted by atomic mass is 16.5. The van der Waals surface area contributed by atoms with Crippen LogP contribution in [0, 0.1) is 11.8 Å². The summed E-state index contributed by atoms with van der Waals surface area (Å²) in [6.45, 7) is 1.21. The van der Waals surface area contributed by atoms with Gasteiger partial charge in [0.05, 0.1) is 7.11 Å². The molecule has 1 aromatic carbocycles. The lowest BCUT2D eigenvalue weighted by molar-refractivity contribution is 0.412. The van der Waals surface area contributed by atoms with Crippen molar-refractivity contribution in [2.24, 2.45) is 11.8 Å². The Balaban J connectivity index is 1.56. The van der Waals surface area contributed by atoms with Crippen molar-refractivity contribution < 1.29 is 4.74 Å². The van der Waals surface area contributed by atoms with Gasteiger partial charge in [0.2, 0.25) is 0 Å². The molecule has 0 bridgehead atoms. The molecule has 0 saturated heterocycles. The summed E-state index contributed by atoms with van der Waals surface area (Å²) < 4.78 is 5.21. The number of ether oxygens (including phenoxy) is 1. The highest BCUT2D eigenvalue weighted by molar-refractivity contribution is 5.27. The van der Waals surface area contributed by atoms with Gasteiger partial charge in [-0.2, -0.15) is 0 Å². The van der Waals surface area contributed by atoms with Crippen molar-refractivity contribution in [3.05, 3.63) is 29.8 Å². The molecule has 2 aliphatic rings. The molecule has 1 N–H and O–H groups in total. The monoisotopic (exact) mass is 245 g/mol. The largest absolute Gasteiger partial charge is 0.497 e. The SMILES string of the molecule is COc1ccc(CC(CNC2CC2)C2CC2)cc1. The van der Waals surface area contributed by atoms with Gasteiger partial charge >= 0.3 is 0 Å². The van der Waals surface area contributed by atoms with Crippen LogP contribution < -0.4 is 10.1 Å². The van der Waals surface area contributed by atoms with E-state index in [4.69, 9.17) is 4.74 Å². The van der Waals surface area contributed by atoms with Crippen LogP contribution in [-0.2, 0) is 6.42 Å². The van der Waals surface area contributed by atoms with E-state index in [1.54, 1.807) is 7.11 Å². The standard InChI is InChI=1S/C16H23NO/c1-18-16-8-2-12(3-9-16)10-14(13-4-5-13)11-17-15-6-7-15/h2-3,8-9,13-15,17H,4-7,10-11H2,1H3. The molecule has 2 nitrogen and oxygen atoms in total. The van der Waals surface area contributed by atoms with Gasteiger partial charge in [-0.25, -0.2) is 0 Å². The normalized spacial score (nSPS) is 20.7. The van der Waals surface area contributed by atoms with Gasteiger partial charge in [-0.3, -0.25) is 0 Å². The number of nitrogens with one attached hydrogen (secondary N) is 1. The molecule has 3 rings (SSSR count). The zero-order valence-electron chi connectivity index (χ0n) is 11.2. The molecular formula is C16H23NO. The maximum atomic E-state index is 5.21. The number of methoxy groups -OCH3 is 1. The molecule has 0 heterocycles. The minimum Gasteiger partial charge on any atom is -0.497 e. The first kappa shape index (κ1) is 12.0. The molecular weight excluding hydrogens is 222 g/mol. The minimum absolute atomic E-state index is 0.832. The summed E-state index contributed by atoms with van der Waals surface area (Å²) in [7, 11) is 1.72. The lowest BCUT2D eigenvalue weighted by atomic mass is 9.94. The Morgan fingerprint density at radius 3 is 2.44 bits per heavy atom. The molecule has 0 spiro atoms. The summed E-state index contributed by atoms with van der Waals surface area (Å²) in [6.07, 6.45) is 6.87. The third-order valence-corrected chi connectivity index (χ3v) is 4.19. The third-order valence-electron chi connectivity index (χ3n) is 4.19. The maximum Gasteiger partial charge on any atom is 0.118 e. The first-order valence-electron chi connectivity index (χ1n) is 7.21. The topological polar surface area (TPSA) is 21.3 Å². The van der Waals surface area contributed by atoms with Crippen LogP contribution >= 0.6 is 0 Å². The van der Waals surface area contributed by atoms with Gasteiger partial charge in [-0.05, 0) is 68.2 Å². The van der Waals surface area contributed by atoms with E-state index >= 15 is 0 Å². The van der Waals surface area contributed by atoms with E-state index in [-0.39, 0.29) is 0 Å². The first-order chi connectivity index (χ1) is 8.85. The van der Waals surface area contributed by atoms with Gasteiger partial charge in [0, 0.05) is 6.04 Å². The van der Waals surface area contributed by atoms with E-state index in [1.807, 2.05) is 0 Å². The van der Waals surface area contributed by atoms with Crippen molar-refractivity contribution in [3.63, 3.8) is 0 Å². The van der Waals surface area contributed by atoms with E-state index in [2.05, 4.69) is 29.6 Å². The Hall–Kier alpha value is -1.02. The van der Waals surface area contributed by atoms with Gasteiger partial charge in [0.1, 0.15) is 5.75 Å². The number of hydrogen-bond acceptors (Lipinski definition) is 2. The quantitative estimate of drug-likeness (QED) is 0.797. The van der Waals surface area contributed by atoms with Crippen LogP contribution in [0.15, 0.2) is 24.3 Å². The molecule has 0 amide bonds. The van der Waals surface area contributed by atoms with E-state index in [0.717, 1.165) is 23.6 Å². The highest BCUT2D eigenvalue weighted by Gasteiger charge is 2.32. The summed E-state index contributed by atoms with van der Waals surface area (Å²) in [5.41, 5.74) is 1.45. The van der Waals surface area contributed by atoms with Gasteiger partial charge in [-0.15, -0.1) is 0 Å². The molecule has 1 aromatic rings.